The maximum Gasteiger partial charge on any atom is 0.321 e. The lowest BCUT2D eigenvalue weighted by atomic mass is 10.1. The first kappa shape index (κ1) is 24.0. The summed E-state index contributed by atoms with van der Waals surface area (Å²) < 4.78 is 0. The van der Waals surface area contributed by atoms with Gasteiger partial charge in [0.25, 0.3) is 0 Å². The van der Waals surface area contributed by atoms with Gasteiger partial charge in [-0.05, 0) is 19.4 Å². The van der Waals surface area contributed by atoms with Crippen molar-refractivity contribution in [3.63, 3.8) is 0 Å². The number of rotatable bonds is 11. The molecule has 0 spiro atoms. The van der Waals surface area contributed by atoms with Crippen LogP contribution in [0.25, 0.3) is 0 Å². The van der Waals surface area contributed by atoms with Crippen molar-refractivity contribution >= 4 is 23.8 Å². The van der Waals surface area contributed by atoms with Crippen LogP contribution in [0.1, 0.15) is 32.1 Å². The summed E-state index contributed by atoms with van der Waals surface area (Å²) in [4.78, 5) is 41.0. The lowest BCUT2D eigenvalue weighted by Gasteiger charge is -2.10. The van der Waals surface area contributed by atoms with E-state index < -0.39 is 36.4 Å². The molecule has 0 aliphatic rings. The van der Waals surface area contributed by atoms with Gasteiger partial charge >= 0.3 is 17.9 Å². The molecule has 0 saturated carbocycles. The van der Waals surface area contributed by atoms with Crippen molar-refractivity contribution in [2.75, 3.05) is 13.1 Å². The number of nitrogens with two attached hydrogens (primary N) is 3. The highest BCUT2D eigenvalue weighted by molar-refractivity contribution is 5.82. The summed E-state index contributed by atoms with van der Waals surface area (Å²) in [5.74, 6) is -3.73. The number of carbonyl (C=O) groups excluding carboxylic acids is 1. The van der Waals surface area contributed by atoms with Gasteiger partial charge in [-0.15, -0.1) is 0 Å². The second-order valence-corrected chi connectivity index (χ2v) is 4.87. The van der Waals surface area contributed by atoms with E-state index in [1.54, 1.807) is 0 Å². The molecule has 0 saturated heterocycles. The average Bonchev–Trinajstić information content (AvgIpc) is 2.46. The number of hydrogen-bond acceptors (Lipinski definition) is 7. The Morgan fingerprint density at radius 2 is 1.50 bits per heavy atom. The Hall–Kier alpha value is -2.24. The summed E-state index contributed by atoms with van der Waals surface area (Å²) in [7, 11) is 0. The molecular formula is C13H26N4O7. The van der Waals surface area contributed by atoms with Gasteiger partial charge in [0, 0.05) is 6.54 Å². The van der Waals surface area contributed by atoms with Gasteiger partial charge in [-0.3, -0.25) is 19.2 Å². The molecule has 11 nitrogen and oxygen atoms in total. The van der Waals surface area contributed by atoms with Crippen LogP contribution in [0.15, 0.2) is 0 Å². The van der Waals surface area contributed by atoms with Crippen molar-refractivity contribution in [2.45, 2.75) is 44.2 Å². The molecule has 0 aromatic carbocycles. The molecule has 2 atom stereocenters. The molecule has 140 valence electrons. The highest BCUT2D eigenvalue weighted by Crippen LogP contribution is 1.97. The Morgan fingerprint density at radius 1 is 0.917 bits per heavy atom. The normalized spacial score (nSPS) is 12.3. The lowest BCUT2D eigenvalue weighted by molar-refractivity contribution is -0.144. The summed E-state index contributed by atoms with van der Waals surface area (Å²) >= 11 is 0. The van der Waals surface area contributed by atoms with E-state index in [1.807, 2.05) is 0 Å². The molecule has 0 rings (SSSR count). The zero-order chi connectivity index (χ0) is 19.1. The van der Waals surface area contributed by atoms with E-state index in [9.17, 15) is 19.2 Å². The van der Waals surface area contributed by atoms with Gasteiger partial charge in [-0.2, -0.15) is 0 Å². The maximum atomic E-state index is 11.3. The van der Waals surface area contributed by atoms with E-state index in [2.05, 4.69) is 5.32 Å². The first-order chi connectivity index (χ1) is 11.1. The van der Waals surface area contributed by atoms with Gasteiger partial charge in [0.05, 0.1) is 18.9 Å². The van der Waals surface area contributed by atoms with Gasteiger partial charge in [0.1, 0.15) is 6.04 Å². The Labute approximate surface area is 139 Å². The van der Waals surface area contributed by atoms with Crippen LogP contribution >= 0.6 is 0 Å². The average molecular weight is 350 g/mol. The van der Waals surface area contributed by atoms with Crippen molar-refractivity contribution in [2.24, 2.45) is 17.2 Å². The smallest absolute Gasteiger partial charge is 0.321 e. The Morgan fingerprint density at radius 3 is 1.88 bits per heavy atom. The third kappa shape index (κ3) is 16.1. The second kappa shape index (κ2) is 14.4. The van der Waals surface area contributed by atoms with Crippen molar-refractivity contribution in [3.8, 4) is 0 Å². The molecule has 2 unspecified atom stereocenters. The molecule has 24 heavy (non-hydrogen) atoms. The predicted molar refractivity (Wildman–Crippen MR) is 84.0 cm³/mol. The van der Waals surface area contributed by atoms with Crippen LogP contribution < -0.4 is 22.5 Å². The van der Waals surface area contributed by atoms with E-state index >= 15 is 0 Å². The minimum Gasteiger partial charge on any atom is -0.481 e. The fourth-order valence-corrected chi connectivity index (χ4v) is 1.34. The van der Waals surface area contributed by atoms with E-state index in [4.69, 9.17) is 32.5 Å². The number of carbonyl (C=O) groups is 4. The van der Waals surface area contributed by atoms with E-state index in [-0.39, 0.29) is 18.9 Å². The molecule has 10 N–H and O–H groups in total. The number of amides is 1. The zero-order valence-electron chi connectivity index (χ0n) is 13.3. The molecule has 0 bridgehead atoms. The Bertz CT molecular complexity index is 417. The van der Waals surface area contributed by atoms with E-state index in [0.717, 1.165) is 12.8 Å². The highest BCUT2D eigenvalue weighted by atomic mass is 16.4. The fourth-order valence-electron chi connectivity index (χ4n) is 1.34. The summed E-state index contributed by atoms with van der Waals surface area (Å²) in [5, 5.41) is 26.8. The number of carboxylic acids is 3. The van der Waals surface area contributed by atoms with Gasteiger partial charge in [-0.1, -0.05) is 6.42 Å². The Kier molecular flexibility index (Phi) is 14.4. The quantitative estimate of drug-likeness (QED) is 0.201. The van der Waals surface area contributed by atoms with E-state index in [0.29, 0.717) is 13.0 Å². The van der Waals surface area contributed by atoms with Gasteiger partial charge in [-0.25, -0.2) is 0 Å². The van der Waals surface area contributed by atoms with Crippen LogP contribution in [0.3, 0.4) is 0 Å². The van der Waals surface area contributed by atoms with Crippen molar-refractivity contribution in [1.82, 2.24) is 5.32 Å². The first-order valence-corrected chi connectivity index (χ1v) is 7.27. The molecule has 0 heterocycles. The van der Waals surface area contributed by atoms with Crippen LogP contribution in [0, 0.1) is 0 Å². The van der Waals surface area contributed by atoms with Gasteiger partial charge in [0.15, 0.2) is 0 Å². The summed E-state index contributed by atoms with van der Waals surface area (Å²) in [6.07, 6.45) is 1.62. The van der Waals surface area contributed by atoms with Crippen LogP contribution in [-0.4, -0.2) is 64.3 Å². The van der Waals surface area contributed by atoms with Gasteiger partial charge in [0.2, 0.25) is 5.91 Å². The third-order valence-electron chi connectivity index (χ3n) is 2.66. The van der Waals surface area contributed by atoms with Crippen LogP contribution in [-0.2, 0) is 19.2 Å². The molecule has 0 aromatic heterocycles. The highest BCUT2D eigenvalue weighted by Gasteiger charge is 2.14. The molecule has 0 aromatic rings. The van der Waals surface area contributed by atoms with Crippen molar-refractivity contribution in [3.05, 3.63) is 0 Å². The van der Waals surface area contributed by atoms with Crippen LogP contribution in [0.5, 0.6) is 0 Å². The number of unbranched alkanes of at least 4 members (excludes halogenated alkanes) is 1. The van der Waals surface area contributed by atoms with Gasteiger partial charge < -0.3 is 37.8 Å². The third-order valence-corrected chi connectivity index (χ3v) is 2.66. The summed E-state index contributed by atoms with van der Waals surface area (Å²) in [6, 6.07) is -1.85. The minimum atomic E-state index is -1.29. The fraction of sp³-hybridized carbons (Fsp3) is 0.692. The van der Waals surface area contributed by atoms with Crippen molar-refractivity contribution in [1.29, 1.82) is 0 Å². The largest absolute Gasteiger partial charge is 0.481 e. The van der Waals surface area contributed by atoms with Crippen LogP contribution in [0.4, 0.5) is 0 Å². The monoisotopic (exact) mass is 350 g/mol. The first-order valence-electron chi connectivity index (χ1n) is 7.27. The topological polar surface area (TPSA) is 219 Å². The SMILES string of the molecule is NC(CC(=O)O)C(=O)O.NCCCCC(N)C(=O)NCCC(=O)O. The molecule has 1 amide bonds. The molecular weight excluding hydrogens is 324 g/mol. The standard InChI is InChI=1S/C9H19N3O3.C4H7NO4/c10-5-2-1-3-7(11)9(15)12-6-4-8(13)14;5-2(4(8)9)1-3(6)7/h7H,1-6,10-11H2,(H,12,15)(H,13,14);2H,1,5H2,(H,6,7)(H,8,9). The number of aliphatic carboxylic acids is 3. The van der Waals surface area contributed by atoms with E-state index in [1.165, 1.54) is 0 Å². The maximum absolute atomic E-state index is 11.3. The van der Waals surface area contributed by atoms with Crippen molar-refractivity contribution < 1.29 is 34.5 Å². The molecule has 0 aliphatic carbocycles. The second-order valence-electron chi connectivity index (χ2n) is 4.87. The summed E-state index contributed by atoms with van der Waals surface area (Å²) in [6.45, 7) is 0.714. The van der Waals surface area contributed by atoms with Crippen LogP contribution in [0.2, 0.25) is 0 Å². The number of hydrogen-bond donors (Lipinski definition) is 7. The summed E-state index contributed by atoms with van der Waals surface area (Å²) in [5.41, 5.74) is 15.7. The zero-order valence-corrected chi connectivity index (χ0v) is 13.3. The minimum absolute atomic E-state index is 0.0821. The lowest BCUT2D eigenvalue weighted by Crippen LogP contribution is -2.41. The molecule has 0 radical (unpaired) electrons. The Balaban J connectivity index is 0. The molecule has 0 aliphatic heterocycles. The number of carboxylic acid groups (broad SMARTS) is 3. The predicted octanol–water partition coefficient (Wildman–Crippen LogP) is -2.09. The number of nitrogens with one attached hydrogen (secondary N) is 1. The molecule has 11 heteroatoms. The molecule has 0 fully saturated rings.